The van der Waals surface area contributed by atoms with E-state index in [1.165, 1.54) is 11.1 Å². The second kappa shape index (κ2) is 8.17. The molecule has 4 heteroatoms. The molecule has 0 bridgehead atoms. The summed E-state index contributed by atoms with van der Waals surface area (Å²) in [6.45, 7) is 2.63. The molecule has 0 aliphatic carbocycles. The van der Waals surface area contributed by atoms with Gasteiger partial charge in [0.25, 0.3) is 0 Å². The molecule has 0 radical (unpaired) electrons. The summed E-state index contributed by atoms with van der Waals surface area (Å²) in [4.78, 5) is 16.0. The van der Waals surface area contributed by atoms with Crippen LogP contribution in [0.15, 0.2) is 42.6 Å². The molecule has 0 aliphatic rings. The number of benzene rings is 1. The van der Waals surface area contributed by atoms with Gasteiger partial charge in [-0.15, -0.1) is 0 Å². The van der Waals surface area contributed by atoms with Crippen molar-refractivity contribution in [3.05, 3.63) is 59.3 Å². The number of nitrogens with zero attached hydrogens (tertiary/aromatic N) is 1. The third-order valence-electron chi connectivity index (χ3n) is 3.57. The van der Waals surface area contributed by atoms with E-state index in [9.17, 15) is 4.79 Å². The lowest BCUT2D eigenvalue weighted by molar-refractivity contribution is -0.121. The summed E-state index contributed by atoms with van der Waals surface area (Å²) in [5.74, 6) is 0.626. The Morgan fingerprint density at radius 2 is 1.77 bits per heavy atom. The highest BCUT2D eigenvalue weighted by Crippen LogP contribution is 2.08. The number of carbonyl (C=O) groups excluding carboxylic acids is 1. The van der Waals surface area contributed by atoms with Crippen LogP contribution in [-0.4, -0.2) is 18.0 Å². The Bertz CT molecular complexity index is 538. The summed E-state index contributed by atoms with van der Waals surface area (Å²) in [7, 11) is 1.58. The number of pyridine rings is 1. The van der Waals surface area contributed by atoms with E-state index in [1.807, 2.05) is 6.07 Å². The van der Waals surface area contributed by atoms with Crippen LogP contribution in [0.4, 0.5) is 0 Å². The molecule has 1 N–H and O–H groups in total. The van der Waals surface area contributed by atoms with Crippen LogP contribution in [-0.2, 0) is 24.2 Å². The van der Waals surface area contributed by atoms with Gasteiger partial charge in [-0.25, -0.2) is 4.98 Å². The minimum atomic E-state index is 0.0513. The minimum Gasteiger partial charge on any atom is -0.481 e. The molecule has 1 aromatic carbocycles. The van der Waals surface area contributed by atoms with Gasteiger partial charge in [-0.1, -0.05) is 37.3 Å². The fraction of sp³-hybridized carbons (Fsp3) is 0.333. The summed E-state index contributed by atoms with van der Waals surface area (Å²) in [5.41, 5.74) is 3.47. The average Bonchev–Trinajstić information content (AvgIpc) is 2.59. The number of aryl methyl sites for hydroxylation is 2. The van der Waals surface area contributed by atoms with Gasteiger partial charge in [0, 0.05) is 25.2 Å². The maximum absolute atomic E-state index is 11.9. The van der Waals surface area contributed by atoms with E-state index in [-0.39, 0.29) is 5.91 Å². The number of methoxy groups -OCH3 is 1. The molecule has 1 heterocycles. The third kappa shape index (κ3) is 4.88. The Morgan fingerprint density at radius 3 is 2.36 bits per heavy atom. The molecule has 0 atom stereocenters. The van der Waals surface area contributed by atoms with E-state index in [2.05, 4.69) is 41.5 Å². The molecule has 2 rings (SSSR count). The standard InChI is InChI=1S/C18H22N2O2/c1-3-14-4-6-15(7-5-14)8-10-17(21)19-12-16-9-11-18(22-2)20-13-16/h4-7,9,11,13H,3,8,10,12H2,1-2H3,(H,19,21). The van der Waals surface area contributed by atoms with Crippen LogP contribution in [0.1, 0.15) is 30.0 Å². The summed E-state index contributed by atoms with van der Waals surface area (Å²) in [6.07, 6.45) is 4.00. The van der Waals surface area contributed by atoms with Crippen LogP contribution >= 0.6 is 0 Å². The molecule has 0 fully saturated rings. The Hall–Kier alpha value is -2.36. The van der Waals surface area contributed by atoms with Gasteiger partial charge < -0.3 is 10.1 Å². The van der Waals surface area contributed by atoms with Crippen LogP contribution in [0.2, 0.25) is 0 Å². The van der Waals surface area contributed by atoms with Crippen LogP contribution in [0.3, 0.4) is 0 Å². The zero-order valence-electron chi connectivity index (χ0n) is 13.1. The van der Waals surface area contributed by atoms with E-state index < -0.39 is 0 Å². The van der Waals surface area contributed by atoms with Crippen LogP contribution < -0.4 is 10.1 Å². The van der Waals surface area contributed by atoms with Gasteiger partial charge in [-0.05, 0) is 29.5 Å². The van der Waals surface area contributed by atoms with Crippen molar-refractivity contribution in [2.24, 2.45) is 0 Å². The molecule has 0 spiro atoms. The van der Waals surface area contributed by atoms with E-state index in [1.54, 1.807) is 19.4 Å². The van der Waals surface area contributed by atoms with Crippen molar-refractivity contribution >= 4 is 5.91 Å². The number of hydrogen-bond donors (Lipinski definition) is 1. The zero-order valence-corrected chi connectivity index (χ0v) is 13.1. The van der Waals surface area contributed by atoms with Crippen molar-refractivity contribution in [3.8, 4) is 5.88 Å². The maximum atomic E-state index is 11.9. The molecule has 2 aromatic rings. The molecule has 1 amide bonds. The van der Waals surface area contributed by atoms with Gasteiger partial charge >= 0.3 is 0 Å². The fourth-order valence-corrected chi connectivity index (χ4v) is 2.12. The molecule has 1 aromatic heterocycles. The zero-order chi connectivity index (χ0) is 15.8. The van der Waals surface area contributed by atoms with Crippen molar-refractivity contribution in [3.63, 3.8) is 0 Å². The van der Waals surface area contributed by atoms with E-state index >= 15 is 0 Å². The first-order valence-corrected chi connectivity index (χ1v) is 7.54. The first-order valence-electron chi connectivity index (χ1n) is 7.54. The molecule has 0 unspecified atom stereocenters. The van der Waals surface area contributed by atoms with Gasteiger partial charge in [0.15, 0.2) is 0 Å². The number of nitrogens with one attached hydrogen (secondary N) is 1. The predicted molar refractivity (Wildman–Crippen MR) is 86.8 cm³/mol. The van der Waals surface area contributed by atoms with E-state index in [4.69, 9.17) is 4.74 Å². The Morgan fingerprint density at radius 1 is 1.09 bits per heavy atom. The fourth-order valence-electron chi connectivity index (χ4n) is 2.12. The van der Waals surface area contributed by atoms with Crippen LogP contribution in [0, 0.1) is 0 Å². The molecular weight excluding hydrogens is 276 g/mol. The number of amides is 1. The quantitative estimate of drug-likeness (QED) is 0.855. The highest BCUT2D eigenvalue weighted by molar-refractivity contribution is 5.76. The number of carbonyl (C=O) groups is 1. The topological polar surface area (TPSA) is 51.2 Å². The van der Waals surface area contributed by atoms with Crippen molar-refractivity contribution in [2.75, 3.05) is 7.11 Å². The Labute approximate surface area is 131 Å². The van der Waals surface area contributed by atoms with Gasteiger partial charge in [-0.3, -0.25) is 4.79 Å². The average molecular weight is 298 g/mol. The Balaban J connectivity index is 1.74. The normalized spacial score (nSPS) is 10.3. The largest absolute Gasteiger partial charge is 0.481 e. The van der Waals surface area contributed by atoms with E-state index in [0.29, 0.717) is 18.8 Å². The monoisotopic (exact) mass is 298 g/mol. The lowest BCUT2D eigenvalue weighted by Crippen LogP contribution is -2.23. The lowest BCUT2D eigenvalue weighted by atomic mass is 10.1. The number of rotatable bonds is 7. The second-order valence-electron chi connectivity index (χ2n) is 5.16. The predicted octanol–water partition coefficient (Wildman–Crippen LogP) is 2.90. The maximum Gasteiger partial charge on any atom is 0.220 e. The molecule has 116 valence electrons. The molecule has 0 saturated heterocycles. The molecule has 4 nitrogen and oxygen atoms in total. The first kappa shape index (κ1) is 16.0. The highest BCUT2D eigenvalue weighted by Gasteiger charge is 2.03. The molecule has 0 aliphatic heterocycles. The van der Waals surface area contributed by atoms with Gasteiger partial charge in [0.1, 0.15) is 0 Å². The van der Waals surface area contributed by atoms with Crippen molar-refractivity contribution in [1.29, 1.82) is 0 Å². The summed E-state index contributed by atoms with van der Waals surface area (Å²) in [5, 5.41) is 2.91. The van der Waals surface area contributed by atoms with Crippen molar-refractivity contribution < 1.29 is 9.53 Å². The number of ether oxygens (including phenoxy) is 1. The molecule has 22 heavy (non-hydrogen) atoms. The minimum absolute atomic E-state index is 0.0513. The van der Waals surface area contributed by atoms with E-state index in [0.717, 1.165) is 18.4 Å². The number of hydrogen-bond acceptors (Lipinski definition) is 3. The summed E-state index contributed by atoms with van der Waals surface area (Å²) in [6, 6.07) is 12.1. The SMILES string of the molecule is CCc1ccc(CCC(=O)NCc2ccc(OC)nc2)cc1. The highest BCUT2D eigenvalue weighted by atomic mass is 16.5. The lowest BCUT2D eigenvalue weighted by Gasteiger charge is -2.06. The smallest absolute Gasteiger partial charge is 0.220 e. The van der Waals surface area contributed by atoms with Gasteiger partial charge in [0.2, 0.25) is 11.8 Å². The second-order valence-corrected chi connectivity index (χ2v) is 5.16. The molecular formula is C18H22N2O2. The Kier molecular flexibility index (Phi) is 5.95. The third-order valence-corrected chi connectivity index (χ3v) is 3.57. The van der Waals surface area contributed by atoms with Crippen molar-refractivity contribution in [1.82, 2.24) is 10.3 Å². The van der Waals surface area contributed by atoms with Crippen LogP contribution in [0.5, 0.6) is 5.88 Å². The molecule has 0 saturated carbocycles. The first-order chi connectivity index (χ1) is 10.7. The van der Waals surface area contributed by atoms with Gasteiger partial charge in [-0.2, -0.15) is 0 Å². The van der Waals surface area contributed by atoms with Gasteiger partial charge in [0.05, 0.1) is 7.11 Å². The summed E-state index contributed by atoms with van der Waals surface area (Å²) >= 11 is 0. The van der Waals surface area contributed by atoms with Crippen molar-refractivity contribution in [2.45, 2.75) is 32.7 Å². The number of aromatic nitrogens is 1. The van der Waals surface area contributed by atoms with Crippen LogP contribution in [0.25, 0.3) is 0 Å². The summed E-state index contributed by atoms with van der Waals surface area (Å²) < 4.78 is 5.00.